The van der Waals surface area contributed by atoms with Gasteiger partial charge < -0.3 is 24.5 Å². The van der Waals surface area contributed by atoms with Gasteiger partial charge in [-0.25, -0.2) is 4.98 Å². The number of nitrogens with one attached hydrogen (secondary N) is 2. The van der Waals surface area contributed by atoms with E-state index in [9.17, 15) is 0 Å². The first-order valence-corrected chi connectivity index (χ1v) is 9.02. The van der Waals surface area contributed by atoms with Gasteiger partial charge in [-0.1, -0.05) is 32.9 Å². The van der Waals surface area contributed by atoms with Gasteiger partial charge >= 0.3 is 0 Å². The summed E-state index contributed by atoms with van der Waals surface area (Å²) in [5, 5.41) is 6.48. The van der Waals surface area contributed by atoms with E-state index in [-0.39, 0.29) is 5.41 Å². The highest BCUT2D eigenvalue weighted by Crippen LogP contribution is 2.22. The first-order valence-electron chi connectivity index (χ1n) is 9.02. The molecule has 1 aromatic heterocycles. The van der Waals surface area contributed by atoms with Crippen molar-refractivity contribution in [2.24, 2.45) is 4.99 Å². The number of hydrogen-bond donors (Lipinski definition) is 2. The van der Waals surface area contributed by atoms with E-state index in [4.69, 9.17) is 13.9 Å². The van der Waals surface area contributed by atoms with Crippen molar-refractivity contribution in [1.29, 1.82) is 0 Å². The molecular weight excluding hydrogens is 344 g/mol. The van der Waals surface area contributed by atoms with Gasteiger partial charge in [0, 0.05) is 26.1 Å². The lowest BCUT2D eigenvalue weighted by molar-refractivity contribution is 0.146. The number of guanidine groups is 1. The van der Waals surface area contributed by atoms with Crippen molar-refractivity contribution in [1.82, 2.24) is 15.6 Å². The number of hydrogen-bond acceptors (Lipinski definition) is 5. The fourth-order valence-electron chi connectivity index (χ4n) is 2.25. The molecule has 0 unspecified atom stereocenters. The topological polar surface area (TPSA) is 80.9 Å². The third kappa shape index (κ3) is 6.94. The Labute approximate surface area is 161 Å². The Morgan fingerprint density at radius 3 is 2.41 bits per heavy atom. The molecule has 2 rings (SSSR count). The molecule has 2 aromatic rings. The van der Waals surface area contributed by atoms with Crippen LogP contribution in [-0.2, 0) is 23.2 Å². The molecule has 0 bridgehead atoms. The van der Waals surface area contributed by atoms with Gasteiger partial charge in [0.25, 0.3) is 0 Å². The molecule has 0 saturated carbocycles. The zero-order chi connectivity index (χ0) is 19.7. The second-order valence-corrected chi connectivity index (χ2v) is 7.13. The Morgan fingerprint density at radius 1 is 1.11 bits per heavy atom. The highest BCUT2D eigenvalue weighted by Gasteiger charge is 2.19. The largest absolute Gasteiger partial charge is 0.491 e. The molecule has 0 atom stereocenters. The lowest BCUT2D eigenvalue weighted by Gasteiger charge is -2.13. The first-order chi connectivity index (χ1) is 12.9. The average molecular weight is 374 g/mol. The number of aromatic nitrogens is 1. The summed E-state index contributed by atoms with van der Waals surface area (Å²) >= 11 is 0. The van der Waals surface area contributed by atoms with Gasteiger partial charge in [-0.15, -0.1) is 0 Å². The minimum absolute atomic E-state index is 0.0510. The van der Waals surface area contributed by atoms with Crippen LogP contribution >= 0.6 is 0 Å². The van der Waals surface area contributed by atoms with Crippen LogP contribution in [0, 0.1) is 0 Å². The number of benzene rings is 1. The molecule has 0 radical (unpaired) electrons. The molecule has 7 heteroatoms. The van der Waals surface area contributed by atoms with E-state index >= 15 is 0 Å². The van der Waals surface area contributed by atoms with E-state index in [2.05, 4.69) is 41.4 Å². The van der Waals surface area contributed by atoms with Crippen LogP contribution < -0.4 is 15.4 Å². The van der Waals surface area contributed by atoms with Crippen molar-refractivity contribution >= 4 is 5.96 Å². The molecule has 0 spiro atoms. The summed E-state index contributed by atoms with van der Waals surface area (Å²) in [4.78, 5) is 8.54. The molecule has 0 amide bonds. The molecule has 0 fully saturated rings. The van der Waals surface area contributed by atoms with Crippen LogP contribution in [0.5, 0.6) is 5.75 Å². The van der Waals surface area contributed by atoms with Crippen molar-refractivity contribution in [2.75, 3.05) is 27.4 Å². The molecule has 0 saturated heterocycles. The molecule has 1 heterocycles. The van der Waals surface area contributed by atoms with Gasteiger partial charge in [-0.2, -0.15) is 0 Å². The number of ether oxygens (including phenoxy) is 2. The van der Waals surface area contributed by atoms with Gasteiger partial charge in [0.2, 0.25) is 5.89 Å². The van der Waals surface area contributed by atoms with E-state index in [0.717, 1.165) is 17.1 Å². The second-order valence-electron chi connectivity index (χ2n) is 7.13. The summed E-state index contributed by atoms with van der Waals surface area (Å²) in [7, 11) is 3.39. The van der Waals surface area contributed by atoms with Crippen molar-refractivity contribution in [3.63, 3.8) is 0 Å². The maximum atomic E-state index is 5.78. The van der Waals surface area contributed by atoms with Crippen LogP contribution in [0.25, 0.3) is 0 Å². The van der Waals surface area contributed by atoms with Crippen LogP contribution in [-0.4, -0.2) is 38.3 Å². The van der Waals surface area contributed by atoms with Gasteiger partial charge in [-0.3, -0.25) is 4.99 Å². The van der Waals surface area contributed by atoms with E-state index in [1.165, 1.54) is 0 Å². The number of aliphatic imine (C=N–C) groups is 1. The summed E-state index contributed by atoms with van der Waals surface area (Å²) in [6.07, 6.45) is 1.78. The molecule has 7 nitrogen and oxygen atoms in total. The third-order valence-electron chi connectivity index (χ3n) is 3.86. The Morgan fingerprint density at radius 2 is 1.81 bits per heavy atom. The van der Waals surface area contributed by atoms with E-state index in [0.29, 0.717) is 38.2 Å². The normalized spacial score (nSPS) is 12.1. The summed E-state index contributed by atoms with van der Waals surface area (Å²) in [6.45, 7) is 8.53. The van der Waals surface area contributed by atoms with Crippen LogP contribution in [0.4, 0.5) is 0 Å². The molecule has 0 aliphatic heterocycles. The SMILES string of the molecule is CN=C(NCc1ccc(OCCOC)cc1)NCc1ncc(C(C)(C)C)o1. The minimum Gasteiger partial charge on any atom is -0.491 e. The second kappa shape index (κ2) is 9.97. The van der Waals surface area contributed by atoms with Crippen molar-refractivity contribution < 1.29 is 13.9 Å². The zero-order valence-electron chi connectivity index (χ0n) is 16.8. The quantitative estimate of drug-likeness (QED) is 0.420. The Hall–Kier alpha value is -2.54. The average Bonchev–Trinajstić information content (AvgIpc) is 3.13. The summed E-state index contributed by atoms with van der Waals surface area (Å²) in [5.41, 5.74) is 1.08. The van der Waals surface area contributed by atoms with Crippen LogP contribution in [0.2, 0.25) is 0 Å². The van der Waals surface area contributed by atoms with Gasteiger partial charge in [0.05, 0.1) is 19.3 Å². The van der Waals surface area contributed by atoms with Crippen molar-refractivity contribution in [3.05, 3.63) is 47.7 Å². The highest BCUT2D eigenvalue weighted by atomic mass is 16.5. The van der Waals surface area contributed by atoms with Gasteiger partial charge in [0.15, 0.2) is 5.96 Å². The molecule has 0 aliphatic rings. The Balaban J connectivity index is 1.79. The Kier molecular flexibility index (Phi) is 7.67. The fraction of sp³-hybridized carbons (Fsp3) is 0.500. The predicted molar refractivity (Wildman–Crippen MR) is 106 cm³/mol. The molecule has 2 N–H and O–H groups in total. The number of rotatable bonds is 8. The van der Waals surface area contributed by atoms with Crippen molar-refractivity contribution in [2.45, 2.75) is 39.3 Å². The maximum absolute atomic E-state index is 5.78. The molecule has 1 aromatic carbocycles. The first kappa shape index (κ1) is 20.8. The van der Waals surface area contributed by atoms with Gasteiger partial charge in [0.1, 0.15) is 18.1 Å². The highest BCUT2D eigenvalue weighted by molar-refractivity contribution is 5.79. The van der Waals surface area contributed by atoms with Crippen LogP contribution in [0.15, 0.2) is 39.9 Å². The van der Waals surface area contributed by atoms with E-state index in [1.807, 2.05) is 24.3 Å². The molecule has 27 heavy (non-hydrogen) atoms. The van der Waals surface area contributed by atoms with Gasteiger partial charge in [-0.05, 0) is 17.7 Å². The van der Waals surface area contributed by atoms with Crippen molar-refractivity contribution in [3.8, 4) is 5.75 Å². The smallest absolute Gasteiger partial charge is 0.213 e. The predicted octanol–water partition coefficient (Wildman–Crippen LogP) is 2.86. The summed E-state index contributed by atoms with van der Waals surface area (Å²) in [6, 6.07) is 7.94. The lowest BCUT2D eigenvalue weighted by Crippen LogP contribution is -2.36. The van der Waals surface area contributed by atoms with E-state index < -0.39 is 0 Å². The monoisotopic (exact) mass is 374 g/mol. The number of nitrogens with zero attached hydrogens (tertiary/aromatic N) is 2. The third-order valence-corrected chi connectivity index (χ3v) is 3.86. The summed E-state index contributed by atoms with van der Waals surface area (Å²) < 4.78 is 16.3. The van der Waals surface area contributed by atoms with Crippen LogP contribution in [0.1, 0.15) is 38.0 Å². The minimum atomic E-state index is -0.0510. The van der Waals surface area contributed by atoms with E-state index in [1.54, 1.807) is 20.4 Å². The summed E-state index contributed by atoms with van der Waals surface area (Å²) in [5.74, 6) is 3.03. The fourth-order valence-corrected chi connectivity index (χ4v) is 2.25. The molecule has 0 aliphatic carbocycles. The zero-order valence-corrected chi connectivity index (χ0v) is 16.8. The lowest BCUT2D eigenvalue weighted by atomic mass is 9.94. The maximum Gasteiger partial charge on any atom is 0.213 e. The Bertz CT molecular complexity index is 718. The number of methoxy groups -OCH3 is 1. The molecular formula is C20H30N4O3. The van der Waals surface area contributed by atoms with Crippen LogP contribution in [0.3, 0.4) is 0 Å². The standard InChI is InChI=1S/C20H30N4O3/c1-20(2,3)17-13-22-18(27-17)14-24-19(21-4)23-12-15-6-8-16(9-7-15)26-11-10-25-5/h6-9,13H,10-12,14H2,1-5H3,(H2,21,23,24). The molecule has 148 valence electrons. The number of oxazole rings is 1.